The number of imide groups is 1. The summed E-state index contributed by atoms with van der Waals surface area (Å²) in [6, 6.07) is 15.2. The highest BCUT2D eigenvalue weighted by molar-refractivity contribution is 6.31. The van der Waals surface area contributed by atoms with E-state index in [2.05, 4.69) is 5.32 Å². The Kier molecular flexibility index (Phi) is 4.00. The van der Waals surface area contributed by atoms with Crippen LogP contribution in [0.4, 0.5) is 4.79 Å². The van der Waals surface area contributed by atoms with E-state index in [0.717, 1.165) is 4.90 Å². The number of urea groups is 1. The summed E-state index contributed by atoms with van der Waals surface area (Å²) >= 11 is 6.12. The predicted molar refractivity (Wildman–Crippen MR) is 89.0 cm³/mol. The molecule has 120 valence electrons. The van der Waals surface area contributed by atoms with Gasteiger partial charge in [0.05, 0.1) is 18.2 Å². The Morgan fingerprint density at radius 1 is 1.17 bits per heavy atom. The number of amides is 3. The van der Waals surface area contributed by atoms with Crippen molar-refractivity contribution in [2.75, 3.05) is 0 Å². The maximum absolute atomic E-state index is 12.8. The average molecular weight is 340 g/mol. The first-order valence-electron chi connectivity index (χ1n) is 7.34. The molecule has 2 aromatic rings. The molecule has 3 rings (SSSR count). The lowest BCUT2D eigenvalue weighted by molar-refractivity contribution is -0.131. The molecule has 24 heavy (non-hydrogen) atoms. The van der Waals surface area contributed by atoms with Crippen LogP contribution in [-0.4, -0.2) is 16.8 Å². The molecule has 1 saturated heterocycles. The van der Waals surface area contributed by atoms with Gasteiger partial charge in [-0.1, -0.05) is 41.9 Å². The van der Waals surface area contributed by atoms with E-state index >= 15 is 0 Å². The Morgan fingerprint density at radius 3 is 2.46 bits per heavy atom. The van der Waals surface area contributed by atoms with Crippen LogP contribution in [0, 0.1) is 11.3 Å². The summed E-state index contributed by atoms with van der Waals surface area (Å²) in [6.07, 6.45) is 0. The predicted octanol–water partition coefficient (Wildman–Crippen LogP) is 3.18. The first kappa shape index (κ1) is 16.0. The molecular formula is C18H14ClN3O2. The molecule has 1 atom stereocenters. The number of nitriles is 1. The van der Waals surface area contributed by atoms with Gasteiger partial charge in [-0.15, -0.1) is 0 Å². The summed E-state index contributed by atoms with van der Waals surface area (Å²) in [6.45, 7) is 1.76. The zero-order chi connectivity index (χ0) is 17.3. The van der Waals surface area contributed by atoms with Crippen LogP contribution in [-0.2, 0) is 16.9 Å². The topological polar surface area (TPSA) is 73.2 Å². The van der Waals surface area contributed by atoms with Crippen LogP contribution in [0.5, 0.6) is 0 Å². The van der Waals surface area contributed by atoms with E-state index in [4.69, 9.17) is 16.9 Å². The third-order valence-corrected chi connectivity index (χ3v) is 4.52. The van der Waals surface area contributed by atoms with Gasteiger partial charge in [-0.3, -0.25) is 9.69 Å². The number of halogens is 1. The van der Waals surface area contributed by atoms with Gasteiger partial charge in [0.25, 0.3) is 5.91 Å². The van der Waals surface area contributed by atoms with E-state index in [9.17, 15) is 9.59 Å². The molecule has 2 aromatic carbocycles. The Bertz CT molecular complexity index is 857. The molecule has 0 bridgehead atoms. The number of benzene rings is 2. The fourth-order valence-corrected chi connectivity index (χ4v) is 2.91. The molecule has 6 heteroatoms. The molecule has 0 radical (unpaired) electrons. The van der Waals surface area contributed by atoms with Crippen molar-refractivity contribution >= 4 is 23.5 Å². The van der Waals surface area contributed by atoms with Crippen LogP contribution in [0.25, 0.3) is 0 Å². The molecule has 1 aliphatic heterocycles. The number of carbonyl (C=O) groups excluding carboxylic acids is 2. The lowest BCUT2D eigenvalue weighted by Gasteiger charge is -2.22. The van der Waals surface area contributed by atoms with Gasteiger partial charge in [0.2, 0.25) is 0 Å². The van der Waals surface area contributed by atoms with E-state index in [0.29, 0.717) is 21.7 Å². The normalized spacial score (nSPS) is 20.0. The highest BCUT2D eigenvalue weighted by Crippen LogP contribution is 2.30. The monoisotopic (exact) mass is 339 g/mol. The summed E-state index contributed by atoms with van der Waals surface area (Å²) in [5.74, 6) is -0.350. The number of nitrogens with zero attached hydrogens (tertiary/aromatic N) is 2. The summed E-state index contributed by atoms with van der Waals surface area (Å²) in [7, 11) is 0. The van der Waals surface area contributed by atoms with E-state index < -0.39 is 11.6 Å². The van der Waals surface area contributed by atoms with E-state index in [1.165, 1.54) is 0 Å². The van der Waals surface area contributed by atoms with Crippen LogP contribution in [0.3, 0.4) is 0 Å². The molecule has 0 aromatic heterocycles. The van der Waals surface area contributed by atoms with Crippen molar-refractivity contribution in [3.63, 3.8) is 0 Å². The molecular weight excluding hydrogens is 326 g/mol. The van der Waals surface area contributed by atoms with Crippen molar-refractivity contribution in [2.24, 2.45) is 0 Å². The van der Waals surface area contributed by atoms with Crippen molar-refractivity contribution in [1.29, 1.82) is 5.26 Å². The minimum atomic E-state index is -1.16. The SMILES string of the molecule is C[C@]1(c2ccc(C#N)cc2)NC(=O)N(Cc2ccccc2Cl)C1=O. The van der Waals surface area contributed by atoms with Crippen molar-refractivity contribution in [3.8, 4) is 6.07 Å². The summed E-state index contributed by atoms with van der Waals surface area (Å²) in [4.78, 5) is 26.3. The largest absolute Gasteiger partial charge is 0.325 e. The number of carbonyl (C=O) groups is 2. The van der Waals surface area contributed by atoms with Gasteiger partial charge in [-0.25, -0.2) is 4.79 Å². The Morgan fingerprint density at radius 2 is 1.83 bits per heavy atom. The van der Waals surface area contributed by atoms with Crippen molar-refractivity contribution in [3.05, 3.63) is 70.2 Å². The van der Waals surface area contributed by atoms with Gasteiger partial charge in [-0.2, -0.15) is 5.26 Å². The first-order valence-corrected chi connectivity index (χ1v) is 7.71. The molecule has 0 saturated carbocycles. The second kappa shape index (κ2) is 5.99. The van der Waals surface area contributed by atoms with Crippen LogP contribution < -0.4 is 5.32 Å². The van der Waals surface area contributed by atoms with Crippen LogP contribution in [0.1, 0.15) is 23.6 Å². The number of hydrogen-bond acceptors (Lipinski definition) is 3. The molecule has 0 spiro atoms. The van der Waals surface area contributed by atoms with Gasteiger partial charge in [0.1, 0.15) is 5.54 Å². The van der Waals surface area contributed by atoms with Crippen LogP contribution in [0.15, 0.2) is 48.5 Å². The first-order chi connectivity index (χ1) is 11.5. The zero-order valence-corrected chi connectivity index (χ0v) is 13.7. The third-order valence-electron chi connectivity index (χ3n) is 4.15. The van der Waals surface area contributed by atoms with Crippen molar-refractivity contribution in [2.45, 2.75) is 19.0 Å². The Labute approximate surface area is 144 Å². The lowest BCUT2D eigenvalue weighted by atomic mass is 9.91. The quantitative estimate of drug-likeness (QED) is 0.873. The smallest absolute Gasteiger partial charge is 0.319 e. The molecule has 1 heterocycles. The van der Waals surface area contributed by atoms with Gasteiger partial charge in [0.15, 0.2) is 0 Å². The zero-order valence-electron chi connectivity index (χ0n) is 12.9. The molecule has 3 amide bonds. The number of nitrogens with one attached hydrogen (secondary N) is 1. The third kappa shape index (κ3) is 2.61. The second-order valence-corrected chi connectivity index (χ2v) is 6.13. The molecule has 1 fully saturated rings. The molecule has 5 nitrogen and oxygen atoms in total. The lowest BCUT2D eigenvalue weighted by Crippen LogP contribution is -2.40. The minimum Gasteiger partial charge on any atom is -0.319 e. The van der Waals surface area contributed by atoms with E-state index in [1.807, 2.05) is 6.07 Å². The molecule has 1 aliphatic rings. The molecule has 1 N–H and O–H groups in total. The summed E-state index contributed by atoms with van der Waals surface area (Å²) in [5.41, 5.74) is 0.659. The highest BCUT2D eigenvalue weighted by Gasteiger charge is 2.48. The molecule has 0 unspecified atom stereocenters. The number of hydrogen-bond donors (Lipinski definition) is 1. The maximum Gasteiger partial charge on any atom is 0.325 e. The van der Waals surface area contributed by atoms with Gasteiger partial charge in [0, 0.05) is 5.02 Å². The van der Waals surface area contributed by atoms with Crippen LogP contribution in [0.2, 0.25) is 5.02 Å². The summed E-state index contributed by atoms with van der Waals surface area (Å²) in [5, 5.41) is 12.1. The van der Waals surface area contributed by atoms with Gasteiger partial charge in [-0.05, 0) is 36.2 Å². The number of rotatable bonds is 3. The second-order valence-electron chi connectivity index (χ2n) is 5.73. The molecule has 0 aliphatic carbocycles. The standard InChI is InChI=1S/C18H14ClN3O2/c1-18(14-8-6-12(10-20)7-9-14)16(23)22(17(24)21-18)11-13-4-2-3-5-15(13)19/h2-9H,11H2,1H3,(H,21,24)/t18-/m1/s1. The fourth-order valence-electron chi connectivity index (χ4n) is 2.71. The maximum atomic E-state index is 12.8. The summed E-state index contributed by atoms with van der Waals surface area (Å²) < 4.78 is 0. The van der Waals surface area contributed by atoms with Gasteiger partial charge < -0.3 is 5.32 Å². The van der Waals surface area contributed by atoms with E-state index in [-0.39, 0.29) is 12.5 Å². The average Bonchev–Trinajstić information content (AvgIpc) is 2.81. The minimum absolute atomic E-state index is 0.107. The van der Waals surface area contributed by atoms with Crippen molar-refractivity contribution in [1.82, 2.24) is 10.2 Å². The van der Waals surface area contributed by atoms with E-state index in [1.54, 1.807) is 55.5 Å². The fraction of sp³-hybridized carbons (Fsp3) is 0.167. The van der Waals surface area contributed by atoms with Crippen LogP contribution >= 0.6 is 11.6 Å². The highest BCUT2D eigenvalue weighted by atomic mass is 35.5. The van der Waals surface area contributed by atoms with Crippen molar-refractivity contribution < 1.29 is 9.59 Å². The Hall–Kier alpha value is -2.84. The van der Waals surface area contributed by atoms with Gasteiger partial charge >= 0.3 is 6.03 Å². The Balaban J connectivity index is 1.90.